The summed E-state index contributed by atoms with van der Waals surface area (Å²) < 4.78 is 0. The van der Waals surface area contributed by atoms with E-state index in [0.717, 1.165) is 19.5 Å². The van der Waals surface area contributed by atoms with Crippen LogP contribution in [0.4, 0.5) is 0 Å². The van der Waals surface area contributed by atoms with Gasteiger partial charge in [0.25, 0.3) is 0 Å². The van der Waals surface area contributed by atoms with Crippen molar-refractivity contribution < 1.29 is 0 Å². The Morgan fingerprint density at radius 3 is 2.26 bits per heavy atom. The summed E-state index contributed by atoms with van der Waals surface area (Å²) in [7, 11) is 0. The molecule has 0 aromatic heterocycles. The fourth-order valence-electron chi connectivity index (χ4n) is 3.03. The standard InChI is InChI=1S/C17H26N2/c1-13-10-14(2)16(15(3)11-13)17(4,5)12-19-9-7-6-8-18/h10-11,19H,6-7,9,12H2,1-5H3. The van der Waals surface area contributed by atoms with Crippen LogP contribution in [0.25, 0.3) is 0 Å². The van der Waals surface area contributed by atoms with Crippen LogP contribution in [-0.2, 0) is 5.41 Å². The van der Waals surface area contributed by atoms with Gasteiger partial charge in [-0.3, -0.25) is 0 Å². The normalized spacial score (nSPS) is 11.4. The van der Waals surface area contributed by atoms with Crippen molar-refractivity contribution in [3.63, 3.8) is 0 Å². The van der Waals surface area contributed by atoms with Crippen LogP contribution in [0.2, 0.25) is 0 Å². The van der Waals surface area contributed by atoms with Gasteiger partial charge in [0.2, 0.25) is 0 Å². The van der Waals surface area contributed by atoms with Gasteiger partial charge in [0.1, 0.15) is 0 Å². The zero-order valence-corrected chi connectivity index (χ0v) is 12.9. The molecule has 2 heteroatoms. The van der Waals surface area contributed by atoms with E-state index in [2.05, 4.69) is 58.1 Å². The molecule has 0 heterocycles. The summed E-state index contributed by atoms with van der Waals surface area (Å²) in [6, 6.07) is 6.71. The van der Waals surface area contributed by atoms with E-state index in [9.17, 15) is 0 Å². The van der Waals surface area contributed by atoms with Crippen LogP contribution in [0, 0.1) is 32.1 Å². The lowest BCUT2D eigenvalue weighted by molar-refractivity contribution is 0.463. The average molecular weight is 258 g/mol. The molecule has 104 valence electrons. The van der Waals surface area contributed by atoms with Crippen molar-refractivity contribution >= 4 is 0 Å². The highest BCUT2D eigenvalue weighted by molar-refractivity contribution is 5.42. The quantitative estimate of drug-likeness (QED) is 0.788. The molecule has 0 aliphatic heterocycles. The van der Waals surface area contributed by atoms with Crippen LogP contribution in [0.5, 0.6) is 0 Å². The van der Waals surface area contributed by atoms with E-state index < -0.39 is 0 Å². The highest BCUT2D eigenvalue weighted by Gasteiger charge is 2.24. The summed E-state index contributed by atoms with van der Waals surface area (Å²) >= 11 is 0. The van der Waals surface area contributed by atoms with Gasteiger partial charge in [0.05, 0.1) is 6.07 Å². The first-order chi connectivity index (χ1) is 8.88. The van der Waals surface area contributed by atoms with Gasteiger partial charge < -0.3 is 5.32 Å². The number of rotatable bonds is 6. The Balaban J connectivity index is 2.75. The first-order valence-corrected chi connectivity index (χ1v) is 7.04. The molecule has 0 radical (unpaired) electrons. The van der Waals surface area contributed by atoms with E-state index in [4.69, 9.17) is 5.26 Å². The third kappa shape index (κ3) is 4.36. The molecule has 0 saturated carbocycles. The van der Waals surface area contributed by atoms with Crippen molar-refractivity contribution in [2.24, 2.45) is 0 Å². The Morgan fingerprint density at radius 2 is 1.74 bits per heavy atom. The molecule has 0 spiro atoms. The molecule has 1 rings (SSSR count). The van der Waals surface area contributed by atoms with Crippen LogP contribution in [-0.4, -0.2) is 13.1 Å². The van der Waals surface area contributed by atoms with Crippen molar-refractivity contribution in [2.45, 2.75) is 52.9 Å². The van der Waals surface area contributed by atoms with Crippen LogP contribution in [0.3, 0.4) is 0 Å². The summed E-state index contributed by atoms with van der Waals surface area (Å²) in [6.07, 6.45) is 1.56. The third-order valence-electron chi connectivity index (χ3n) is 3.56. The number of benzene rings is 1. The van der Waals surface area contributed by atoms with Crippen molar-refractivity contribution in [2.75, 3.05) is 13.1 Å². The maximum absolute atomic E-state index is 8.52. The molecular formula is C17H26N2. The van der Waals surface area contributed by atoms with Gasteiger partial charge in [0, 0.05) is 18.4 Å². The van der Waals surface area contributed by atoms with E-state index >= 15 is 0 Å². The SMILES string of the molecule is Cc1cc(C)c(C(C)(C)CNCCCC#N)c(C)c1. The van der Waals surface area contributed by atoms with Crippen molar-refractivity contribution in [3.8, 4) is 6.07 Å². The molecule has 0 amide bonds. The van der Waals surface area contributed by atoms with Gasteiger partial charge in [-0.1, -0.05) is 31.5 Å². The van der Waals surface area contributed by atoms with Crippen LogP contribution in [0.15, 0.2) is 12.1 Å². The number of hydrogen-bond acceptors (Lipinski definition) is 2. The number of nitrogens with zero attached hydrogens (tertiary/aromatic N) is 1. The van der Waals surface area contributed by atoms with Crippen molar-refractivity contribution in [1.82, 2.24) is 5.32 Å². The molecular weight excluding hydrogens is 232 g/mol. The van der Waals surface area contributed by atoms with Gasteiger partial charge in [-0.05, 0) is 50.4 Å². The van der Waals surface area contributed by atoms with E-state index in [-0.39, 0.29) is 5.41 Å². The second-order valence-electron chi connectivity index (χ2n) is 6.10. The van der Waals surface area contributed by atoms with Gasteiger partial charge in [-0.25, -0.2) is 0 Å². The first-order valence-electron chi connectivity index (χ1n) is 7.04. The Kier molecular flexibility index (Phi) is 5.57. The minimum atomic E-state index is 0.120. The van der Waals surface area contributed by atoms with Gasteiger partial charge >= 0.3 is 0 Å². The summed E-state index contributed by atoms with van der Waals surface area (Å²) in [5, 5.41) is 12.0. The molecule has 1 aromatic carbocycles. The minimum absolute atomic E-state index is 0.120. The zero-order chi connectivity index (χ0) is 14.5. The number of unbranched alkanes of at least 4 members (excludes halogenated alkanes) is 1. The molecule has 19 heavy (non-hydrogen) atoms. The Morgan fingerprint density at radius 1 is 1.16 bits per heavy atom. The summed E-state index contributed by atoms with van der Waals surface area (Å²) in [5.41, 5.74) is 5.65. The second-order valence-corrected chi connectivity index (χ2v) is 6.10. The lowest BCUT2D eigenvalue weighted by Crippen LogP contribution is -2.34. The smallest absolute Gasteiger partial charge is 0.0622 e. The van der Waals surface area contributed by atoms with E-state index in [1.54, 1.807) is 0 Å². The Bertz CT molecular complexity index is 444. The maximum atomic E-state index is 8.52. The molecule has 1 aromatic rings. The number of hydrogen-bond donors (Lipinski definition) is 1. The van der Waals surface area contributed by atoms with Gasteiger partial charge in [0.15, 0.2) is 0 Å². The van der Waals surface area contributed by atoms with Crippen molar-refractivity contribution in [3.05, 3.63) is 34.4 Å². The molecule has 0 bridgehead atoms. The molecule has 0 aliphatic carbocycles. The Labute approximate surface area is 117 Å². The Hall–Kier alpha value is -1.33. The molecule has 0 aliphatic rings. The van der Waals surface area contributed by atoms with E-state index in [1.807, 2.05) is 0 Å². The van der Waals surface area contributed by atoms with Crippen molar-refractivity contribution in [1.29, 1.82) is 5.26 Å². The number of nitrogens with one attached hydrogen (secondary N) is 1. The van der Waals surface area contributed by atoms with Crippen LogP contribution in [0.1, 0.15) is 48.9 Å². The lowest BCUT2D eigenvalue weighted by atomic mass is 9.78. The lowest BCUT2D eigenvalue weighted by Gasteiger charge is -2.30. The van der Waals surface area contributed by atoms with Gasteiger partial charge in [-0.15, -0.1) is 0 Å². The van der Waals surface area contributed by atoms with E-state index in [1.165, 1.54) is 22.3 Å². The predicted molar refractivity (Wildman–Crippen MR) is 81.4 cm³/mol. The molecule has 0 saturated heterocycles. The molecule has 0 unspecified atom stereocenters. The minimum Gasteiger partial charge on any atom is -0.316 e. The molecule has 1 N–H and O–H groups in total. The molecule has 2 nitrogen and oxygen atoms in total. The van der Waals surface area contributed by atoms with Crippen LogP contribution < -0.4 is 5.32 Å². The molecule has 0 fully saturated rings. The fraction of sp³-hybridized carbons (Fsp3) is 0.588. The van der Waals surface area contributed by atoms with Gasteiger partial charge in [-0.2, -0.15) is 5.26 Å². The highest BCUT2D eigenvalue weighted by Crippen LogP contribution is 2.29. The number of aryl methyl sites for hydroxylation is 3. The fourth-order valence-corrected chi connectivity index (χ4v) is 3.03. The summed E-state index contributed by atoms with van der Waals surface area (Å²) in [6.45, 7) is 13.0. The average Bonchev–Trinajstić information content (AvgIpc) is 2.26. The topological polar surface area (TPSA) is 35.8 Å². The molecule has 0 atom stereocenters. The maximum Gasteiger partial charge on any atom is 0.0622 e. The van der Waals surface area contributed by atoms with E-state index in [0.29, 0.717) is 6.42 Å². The zero-order valence-electron chi connectivity index (χ0n) is 12.9. The third-order valence-corrected chi connectivity index (χ3v) is 3.56. The highest BCUT2D eigenvalue weighted by atomic mass is 14.9. The largest absolute Gasteiger partial charge is 0.316 e. The predicted octanol–water partition coefficient (Wildman–Crippen LogP) is 3.78. The summed E-state index contributed by atoms with van der Waals surface area (Å²) in [5.74, 6) is 0. The summed E-state index contributed by atoms with van der Waals surface area (Å²) in [4.78, 5) is 0. The second kappa shape index (κ2) is 6.73. The first kappa shape index (κ1) is 15.7. The monoisotopic (exact) mass is 258 g/mol. The number of nitriles is 1. The van der Waals surface area contributed by atoms with Crippen LogP contribution >= 0.6 is 0 Å².